The maximum atomic E-state index is 2.67. The molecule has 1 atom stereocenters. The molecule has 0 aliphatic heterocycles. The monoisotopic (exact) mass is 290 g/mol. The third-order valence-corrected chi connectivity index (χ3v) is 7.24. The molecule has 0 saturated carbocycles. The van der Waals surface area contributed by atoms with Crippen molar-refractivity contribution in [3.63, 3.8) is 0 Å². The first-order valence-electron chi connectivity index (χ1n) is 7.37. The van der Waals surface area contributed by atoms with Crippen molar-refractivity contribution >= 4 is 16.1 Å². The van der Waals surface area contributed by atoms with Crippen LogP contribution < -0.4 is 0 Å². The third kappa shape index (κ3) is 5.92. The fraction of sp³-hybridized carbons (Fsp3) is 0.529. The van der Waals surface area contributed by atoms with Crippen molar-refractivity contribution in [2.45, 2.75) is 58.5 Å². The van der Waals surface area contributed by atoms with Gasteiger partial charge in [0.2, 0.25) is 0 Å². The van der Waals surface area contributed by atoms with E-state index in [4.69, 9.17) is 0 Å². The predicted molar refractivity (Wildman–Crippen MR) is 94.2 cm³/mol. The van der Waals surface area contributed by atoms with Gasteiger partial charge in [-0.1, -0.05) is 87.4 Å². The molecule has 0 nitrogen and oxygen atoms in total. The van der Waals surface area contributed by atoms with Crippen LogP contribution in [0.2, 0.25) is 39.3 Å². The molecule has 0 aliphatic carbocycles. The zero-order chi connectivity index (χ0) is 14.7. The molecule has 19 heavy (non-hydrogen) atoms. The van der Waals surface area contributed by atoms with Crippen molar-refractivity contribution < 1.29 is 0 Å². The first-order chi connectivity index (χ1) is 8.59. The lowest BCUT2D eigenvalue weighted by Crippen LogP contribution is -2.29. The molecule has 0 aliphatic rings. The molecule has 106 valence electrons. The quantitative estimate of drug-likeness (QED) is 0.596. The summed E-state index contributed by atoms with van der Waals surface area (Å²) in [5, 5.41) is 1.77. The molecule has 1 aromatic rings. The highest BCUT2D eigenvalue weighted by atomic mass is 28.3. The molecule has 0 heterocycles. The predicted octanol–water partition coefficient (Wildman–Crippen LogP) is 5.86. The molecule has 0 radical (unpaired) electrons. The summed E-state index contributed by atoms with van der Waals surface area (Å²) < 4.78 is 0. The highest BCUT2D eigenvalue weighted by Gasteiger charge is 2.24. The third-order valence-electron chi connectivity index (χ3n) is 3.47. The van der Waals surface area contributed by atoms with Gasteiger partial charge in [-0.15, -0.1) is 0 Å². The molecule has 1 rings (SSSR count). The minimum atomic E-state index is -1.20. The Balaban J connectivity index is 2.94. The minimum Gasteiger partial charge on any atom is -0.0995 e. The van der Waals surface area contributed by atoms with Gasteiger partial charge in [0.1, 0.15) is 0 Å². The summed E-state index contributed by atoms with van der Waals surface area (Å²) in [6.07, 6.45) is 1.24. The van der Waals surface area contributed by atoms with Gasteiger partial charge < -0.3 is 0 Å². The zero-order valence-corrected chi connectivity index (χ0v) is 15.7. The van der Waals surface area contributed by atoms with Crippen LogP contribution in [0, 0.1) is 0 Å². The maximum Gasteiger partial charge on any atom is 0.0715 e. The van der Waals surface area contributed by atoms with Crippen LogP contribution in [0.3, 0.4) is 0 Å². The van der Waals surface area contributed by atoms with E-state index in [1.165, 1.54) is 12.0 Å². The van der Waals surface area contributed by atoms with E-state index in [1.54, 1.807) is 5.20 Å². The highest BCUT2D eigenvalue weighted by Crippen LogP contribution is 2.29. The average Bonchev–Trinajstić information content (AvgIpc) is 2.26. The second kappa shape index (κ2) is 6.23. The molecular weight excluding hydrogens is 260 g/mol. The van der Waals surface area contributed by atoms with E-state index in [-0.39, 0.29) is 0 Å². The maximum absolute atomic E-state index is 2.67. The Morgan fingerprint density at radius 1 is 1.00 bits per heavy atom. The first-order valence-corrected chi connectivity index (χ1v) is 14.4. The van der Waals surface area contributed by atoms with Crippen molar-refractivity contribution in [1.82, 2.24) is 0 Å². The number of benzene rings is 1. The normalized spacial score (nSPS) is 15.4. The van der Waals surface area contributed by atoms with Crippen LogP contribution in [0.4, 0.5) is 0 Å². The molecular formula is C17H30Si2. The summed E-state index contributed by atoms with van der Waals surface area (Å²) in [4.78, 5) is 0. The molecule has 1 unspecified atom stereocenters. The first kappa shape index (κ1) is 16.4. The van der Waals surface area contributed by atoms with Gasteiger partial charge in [-0.2, -0.15) is 0 Å². The second-order valence-corrected chi connectivity index (χ2v) is 18.0. The minimum absolute atomic E-state index is 0.635. The molecule has 0 N–H and O–H groups in total. The van der Waals surface area contributed by atoms with Gasteiger partial charge in [-0.05, 0) is 17.9 Å². The van der Waals surface area contributed by atoms with E-state index in [0.717, 1.165) is 0 Å². The molecule has 0 saturated heterocycles. The average molecular weight is 291 g/mol. The fourth-order valence-electron chi connectivity index (χ4n) is 2.33. The Labute approximate surface area is 122 Å². The van der Waals surface area contributed by atoms with Gasteiger partial charge in [0, 0.05) is 0 Å². The van der Waals surface area contributed by atoms with E-state index >= 15 is 0 Å². The Hall–Kier alpha value is -0.606. The van der Waals surface area contributed by atoms with Gasteiger partial charge in [-0.3, -0.25) is 0 Å². The van der Waals surface area contributed by atoms with Gasteiger partial charge >= 0.3 is 0 Å². The molecule has 0 fully saturated rings. The van der Waals surface area contributed by atoms with Gasteiger partial charge in [0.05, 0.1) is 16.1 Å². The van der Waals surface area contributed by atoms with Crippen molar-refractivity contribution in [2.75, 3.05) is 0 Å². The molecule has 1 aromatic carbocycles. The standard InChI is InChI=1S/C17H30Si2/c1-15(16-11-9-8-10-12-16)13-17(19(5,6)7)14-18(2,3)4/h8-12,14-15H,13H2,1-7H3/b17-14+. The van der Waals surface area contributed by atoms with Crippen LogP contribution in [-0.2, 0) is 0 Å². The van der Waals surface area contributed by atoms with Gasteiger partial charge in [0.25, 0.3) is 0 Å². The van der Waals surface area contributed by atoms with E-state index in [0.29, 0.717) is 5.92 Å². The SMILES string of the molecule is CC(C/C(=C\[Si](C)(C)C)[Si](C)(C)C)c1ccccc1. The Morgan fingerprint density at radius 3 is 1.95 bits per heavy atom. The van der Waals surface area contributed by atoms with E-state index in [2.05, 4.69) is 82.2 Å². The molecule has 0 aromatic heterocycles. The lowest BCUT2D eigenvalue weighted by atomic mass is 9.98. The van der Waals surface area contributed by atoms with Crippen molar-refractivity contribution in [3.8, 4) is 0 Å². The Bertz CT molecular complexity index is 419. The van der Waals surface area contributed by atoms with Crippen molar-refractivity contribution in [2.24, 2.45) is 0 Å². The lowest BCUT2D eigenvalue weighted by Gasteiger charge is -2.27. The van der Waals surface area contributed by atoms with Gasteiger partial charge in [-0.25, -0.2) is 0 Å². The summed E-state index contributed by atoms with van der Waals surface area (Å²) >= 11 is 0. The van der Waals surface area contributed by atoms with Gasteiger partial charge in [0.15, 0.2) is 0 Å². The lowest BCUT2D eigenvalue weighted by molar-refractivity contribution is 0.768. The van der Waals surface area contributed by atoms with Crippen LogP contribution in [-0.4, -0.2) is 16.1 Å². The highest BCUT2D eigenvalue weighted by molar-refractivity contribution is 6.87. The van der Waals surface area contributed by atoms with Crippen LogP contribution in [0.5, 0.6) is 0 Å². The summed E-state index contributed by atoms with van der Waals surface area (Å²) in [6, 6.07) is 10.9. The van der Waals surface area contributed by atoms with E-state index in [1.807, 2.05) is 0 Å². The second-order valence-electron chi connectivity index (χ2n) is 7.80. The summed E-state index contributed by atoms with van der Waals surface area (Å²) in [7, 11) is -2.32. The topological polar surface area (TPSA) is 0 Å². The number of hydrogen-bond acceptors (Lipinski definition) is 0. The van der Waals surface area contributed by atoms with Crippen molar-refractivity contribution in [1.29, 1.82) is 0 Å². The van der Waals surface area contributed by atoms with Crippen LogP contribution in [0.25, 0.3) is 0 Å². The van der Waals surface area contributed by atoms with E-state index in [9.17, 15) is 0 Å². The fourth-order valence-corrected chi connectivity index (χ4v) is 7.45. The van der Waals surface area contributed by atoms with E-state index < -0.39 is 16.1 Å². The number of hydrogen-bond donors (Lipinski definition) is 0. The van der Waals surface area contributed by atoms with Crippen molar-refractivity contribution in [3.05, 3.63) is 46.8 Å². The largest absolute Gasteiger partial charge is 0.0995 e. The molecule has 0 bridgehead atoms. The van der Waals surface area contributed by atoms with Crippen LogP contribution in [0.1, 0.15) is 24.8 Å². The molecule has 2 heteroatoms. The molecule has 0 amide bonds. The summed E-state index contributed by atoms with van der Waals surface area (Å²) in [5.74, 6) is 0.635. The number of rotatable bonds is 5. The zero-order valence-electron chi connectivity index (χ0n) is 13.7. The molecule has 0 spiro atoms. The number of allylic oxidation sites excluding steroid dienone is 1. The van der Waals surface area contributed by atoms with Crippen LogP contribution in [0.15, 0.2) is 41.2 Å². The Kier molecular flexibility index (Phi) is 5.39. The Morgan fingerprint density at radius 2 is 1.53 bits per heavy atom. The van der Waals surface area contributed by atoms with Crippen LogP contribution >= 0.6 is 0 Å². The summed E-state index contributed by atoms with van der Waals surface area (Å²) in [5.41, 5.74) is 4.14. The summed E-state index contributed by atoms with van der Waals surface area (Å²) in [6.45, 7) is 17.2. The smallest absolute Gasteiger partial charge is 0.0715 e.